The second-order valence-electron chi connectivity index (χ2n) is 11.2. The summed E-state index contributed by atoms with van der Waals surface area (Å²) in [7, 11) is -1.53. The number of alkyl carbamates (subject to hydrolysis) is 1. The van der Waals surface area contributed by atoms with Gasteiger partial charge < -0.3 is 29.0 Å². The first-order chi connectivity index (χ1) is 16.5. The molecule has 0 spiro atoms. The highest BCUT2D eigenvalue weighted by molar-refractivity contribution is 8.29. The Labute approximate surface area is 214 Å². The predicted octanol–water partition coefficient (Wildman–Crippen LogP) is 3.82. The number of anilines is 2. The average molecular weight is 527 g/mol. The fourth-order valence-electron chi connectivity index (χ4n) is 3.38. The quantitative estimate of drug-likeness (QED) is 0.549. The van der Waals surface area contributed by atoms with E-state index in [4.69, 9.17) is 18.4 Å². The van der Waals surface area contributed by atoms with Gasteiger partial charge in [0.25, 0.3) is 5.91 Å². The van der Waals surface area contributed by atoms with Crippen LogP contribution >= 0.6 is 10.3 Å². The molecule has 2 aliphatic heterocycles. The van der Waals surface area contributed by atoms with Crippen molar-refractivity contribution in [3.05, 3.63) is 12.1 Å². The van der Waals surface area contributed by atoms with Crippen LogP contribution in [0, 0.1) is 0 Å². The Bertz CT molecular complexity index is 1000. The number of hydrogen-bond donors (Lipinski definition) is 2. The van der Waals surface area contributed by atoms with Crippen LogP contribution in [0.15, 0.2) is 12.1 Å². The first-order valence-electron chi connectivity index (χ1n) is 11.8. The van der Waals surface area contributed by atoms with Gasteiger partial charge in [-0.25, -0.2) is 14.6 Å². The molecule has 12 heteroatoms. The fourth-order valence-corrected chi connectivity index (χ4v) is 4.50. The van der Waals surface area contributed by atoms with Crippen LogP contribution in [0.3, 0.4) is 0 Å². The molecule has 0 aromatic carbocycles. The number of fused-ring (bicyclic) bond motifs is 1. The van der Waals surface area contributed by atoms with Crippen LogP contribution in [-0.4, -0.2) is 77.8 Å². The molecule has 0 aliphatic carbocycles. The molecular weight excluding hydrogens is 488 g/mol. The van der Waals surface area contributed by atoms with Crippen molar-refractivity contribution >= 4 is 40.0 Å². The smallest absolute Gasteiger partial charge is 0.415 e. The van der Waals surface area contributed by atoms with Gasteiger partial charge in [0.15, 0.2) is 18.2 Å². The average Bonchev–Trinajstić information content (AvgIpc) is 3.09. The van der Waals surface area contributed by atoms with E-state index in [0.29, 0.717) is 18.0 Å². The van der Waals surface area contributed by atoms with Crippen molar-refractivity contribution < 1.29 is 32.8 Å². The van der Waals surface area contributed by atoms with E-state index in [-0.39, 0.29) is 36.2 Å². The number of amides is 3. The summed E-state index contributed by atoms with van der Waals surface area (Å²) in [6.45, 7) is 12.1. The molecule has 2 N–H and O–H groups in total. The van der Waals surface area contributed by atoms with E-state index in [9.17, 15) is 14.4 Å². The second kappa shape index (κ2) is 10.3. The molecule has 2 atom stereocenters. The van der Waals surface area contributed by atoms with Gasteiger partial charge in [-0.1, -0.05) is 20.8 Å². The number of pyridine rings is 1. The molecule has 202 valence electrons. The molecule has 11 nitrogen and oxygen atoms in total. The highest BCUT2D eigenvalue weighted by atomic mass is 32.3. The molecule has 2 unspecified atom stereocenters. The van der Waals surface area contributed by atoms with Gasteiger partial charge in [-0.2, -0.15) is 0 Å². The van der Waals surface area contributed by atoms with Crippen molar-refractivity contribution in [2.75, 3.05) is 42.4 Å². The number of ether oxygens (including phenoxy) is 3. The zero-order valence-corrected chi connectivity index (χ0v) is 23.1. The fraction of sp³-hybridized carbons (Fsp3) is 0.667. The number of cyclic esters (lactones) is 1. The third-order valence-corrected chi connectivity index (χ3v) is 9.56. The standard InChI is InChI=1S/C24H38N4O7S/c1-23(2,3)34-21(30)25-12-15(35-36(7,8)24(4,5)6)11-16-13-28(22(31)33-16)18-10-9-17-20(26-18)27-19(29)14-32-17/h9-10,15-16H,11-14H2,1-8H3,(H,25,30)(H,26,27,29). The third kappa shape index (κ3) is 7.16. The van der Waals surface area contributed by atoms with E-state index in [0.717, 1.165) is 0 Å². The Morgan fingerprint density at radius 3 is 2.58 bits per heavy atom. The first-order valence-corrected chi connectivity index (χ1v) is 14.2. The number of hydrogen-bond acceptors (Lipinski definition) is 8. The summed E-state index contributed by atoms with van der Waals surface area (Å²) < 4.78 is 22.7. The monoisotopic (exact) mass is 526 g/mol. The normalized spacial score (nSPS) is 19.6. The molecule has 3 rings (SSSR count). The van der Waals surface area contributed by atoms with Crippen LogP contribution in [0.2, 0.25) is 0 Å². The van der Waals surface area contributed by atoms with Crippen molar-refractivity contribution in [2.45, 2.75) is 70.5 Å². The minimum atomic E-state index is -1.53. The minimum Gasteiger partial charge on any atom is -0.480 e. The molecule has 1 saturated heterocycles. The maximum atomic E-state index is 12.7. The van der Waals surface area contributed by atoms with E-state index in [1.54, 1.807) is 32.9 Å². The molecule has 0 radical (unpaired) electrons. The molecule has 1 aromatic rings. The summed E-state index contributed by atoms with van der Waals surface area (Å²) in [5.41, 5.74) is -0.621. The number of nitrogens with one attached hydrogen (secondary N) is 2. The van der Waals surface area contributed by atoms with E-state index in [1.165, 1.54) is 4.90 Å². The van der Waals surface area contributed by atoms with Crippen LogP contribution in [-0.2, 0) is 18.5 Å². The van der Waals surface area contributed by atoms with Gasteiger partial charge in [-0.3, -0.25) is 9.69 Å². The summed E-state index contributed by atoms with van der Waals surface area (Å²) >= 11 is 0. The lowest BCUT2D eigenvalue weighted by Gasteiger charge is -2.46. The number of nitrogens with zero attached hydrogens (tertiary/aromatic N) is 2. The number of carbonyl (C=O) groups is 3. The Morgan fingerprint density at radius 1 is 1.25 bits per heavy atom. The Balaban J connectivity index is 1.70. The lowest BCUT2D eigenvalue weighted by atomic mass is 10.1. The Kier molecular flexibility index (Phi) is 7.99. The SMILES string of the molecule is CC(C)(C)OC(=O)NCC(CC1CN(c2ccc3c(n2)NC(=O)CO3)C(=O)O1)OS(C)(C)C(C)(C)C. The van der Waals surface area contributed by atoms with E-state index >= 15 is 0 Å². The van der Waals surface area contributed by atoms with Gasteiger partial charge in [-0.15, -0.1) is 10.3 Å². The molecule has 0 saturated carbocycles. The van der Waals surface area contributed by atoms with Crippen molar-refractivity contribution in [2.24, 2.45) is 0 Å². The Hall–Kier alpha value is -2.73. The summed E-state index contributed by atoms with van der Waals surface area (Å²) in [5.74, 6) is 0.738. The topological polar surface area (TPSA) is 128 Å². The van der Waals surface area contributed by atoms with Gasteiger partial charge in [0.2, 0.25) is 0 Å². The van der Waals surface area contributed by atoms with E-state index in [1.807, 2.05) is 0 Å². The van der Waals surface area contributed by atoms with Gasteiger partial charge in [0.05, 0.1) is 12.6 Å². The maximum Gasteiger partial charge on any atom is 0.415 e. The molecule has 2 aliphatic rings. The zero-order chi connectivity index (χ0) is 26.9. The van der Waals surface area contributed by atoms with Crippen LogP contribution in [0.1, 0.15) is 48.0 Å². The second-order valence-corrected chi connectivity index (χ2v) is 15.0. The summed E-state index contributed by atoms with van der Waals surface area (Å²) in [6.07, 6.45) is 2.55. The third-order valence-electron chi connectivity index (χ3n) is 5.86. The summed E-state index contributed by atoms with van der Waals surface area (Å²) in [4.78, 5) is 42.4. The largest absolute Gasteiger partial charge is 0.480 e. The predicted molar refractivity (Wildman–Crippen MR) is 139 cm³/mol. The number of aromatic nitrogens is 1. The van der Waals surface area contributed by atoms with Crippen LogP contribution < -0.4 is 20.3 Å². The van der Waals surface area contributed by atoms with Crippen molar-refractivity contribution in [3.63, 3.8) is 0 Å². The highest BCUT2D eigenvalue weighted by Crippen LogP contribution is 2.55. The van der Waals surface area contributed by atoms with Crippen LogP contribution in [0.4, 0.5) is 21.2 Å². The van der Waals surface area contributed by atoms with E-state index < -0.39 is 40.3 Å². The molecule has 3 heterocycles. The summed E-state index contributed by atoms with van der Waals surface area (Å²) in [6, 6.07) is 3.30. The molecule has 0 bridgehead atoms. The highest BCUT2D eigenvalue weighted by Gasteiger charge is 2.38. The molecule has 36 heavy (non-hydrogen) atoms. The molecular formula is C24H38N4O7S. The van der Waals surface area contributed by atoms with Crippen molar-refractivity contribution in [1.82, 2.24) is 10.3 Å². The van der Waals surface area contributed by atoms with Crippen molar-refractivity contribution in [1.29, 1.82) is 0 Å². The first kappa shape index (κ1) is 27.9. The van der Waals surface area contributed by atoms with Gasteiger partial charge >= 0.3 is 12.2 Å². The molecule has 1 aromatic heterocycles. The molecule has 1 fully saturated rings. The van der Waals surface area contributed by atoms with Crippen LogP contribution in [0.25, 0.3) is 0 Å². The maximum absolute atomic E-state index is 12.7. The number of rotatable bonds is 7. The van der Waals surface area contributed by atoms with Gasteiger partial charge in [-0.05, 0) is 45.4 Å². The lowest BCUT2D eigenvalue weighted by Crippen LogP contribution is -2.41. The Morgan fingerprint density at radius 2 is 1.94 bits per heavy atom. The number of carbonyl (C=O) groups excluding carboxylic acids is 3. The van der Waals surface area contributed by atoms with Crippen molar-refractivity contribution in [3.8, 4) is 5.75 Å². The van der Waals surface area contributed by atoms with E-state index in [2.05, 4.69) is 48.9 Å². The van der Waals surface area contributed by atoms with Crippen LogP contribution in [0.5, 0.6) is 5.75 Å². The molecule has 3 amide bonds. The lowest BCUT2D eigenvalue weighted by molar-refractivity contribution is -0.118. The zero-order valence-electron chi connectivity index (χ0n) is 22.3. The van der Waals surface area contributed by atoms with Gasteiger partial charge in [0, 0.05) is 17.7 Å². The summed E-state index contributed by atoms with van der Waals surface area (Å²) in [5, 5.41) is 5.43. The van der Waals surface area contributed by atoms with Gasteiger partial charge in [0.1, 0.15) is 17.5 Å². The minimum absolute atomic E-state index is 0.0759.